The highest BCUT2D eigenvalue weighted by Gasteiger charge is 2.14. The molecular formula is C15H18N2O. The van der Waals surface area contributed by atoms with Gasteiger partial charge < -0.3 is 9.73 Å². The highest BCUT2D eigenvalue weighted by Crippen LogP contribution is 2.21. The lowest BCUT2D eigenvalue weighted by atomic mass is 9.92. The number of aromatic nitrogens is 1. The summed E-state index contributed by atoms with van der Waals surface area (Å²) in [7, 11) is 0. The van der Waals surface area contributed by atoms with Crippen molar-refractivity contribution in [2.75, 3.05) is 13.1 Å². The Morgan fingerprint density at radius 1 is 1.39 bits per heavy atom. The molecule has 0 spiro atoms. The fourth-order valence-electron chi connectivity index (χ4n) is 2.63. The molecule has 2 heterocycles. The normalized spacial score (nSPS) is 19.9. The minimum Gasteiger partial charge on any atom is -0.445 e. The van der Waals surface area contributed by atoms with Crippen molar-refractivity contribution in [1.82, 2.24) is 10.3 Å². The lowest BCUT2D eigenvalue weighted by Crippen LogP contribution is -2.30. The van der Waals surface area contributed by atoms with Gasteiger partial charge in [-0.15, -0.1) is 0 Å². The number of nitrogens with one attached hydrogen (secondary N) is 1. The molecule has 0 aliphatic carbocycles. The fraction of sp³-hybridized carbons (Fsp3) is 0.400. The van der Waals surface area contributed by atoms with E-state index >= 15 is 0 Å². The molecule has 1 aromatic heterocycles. The molecule has 0 bridgehead atoms. The van der Waals surface area contributed by atoms with Gasteiger partial charge in [-0.25, -0.2) is 4.98 Å². The summed E-state index contributed by atoms with van der Waals surface area (Å²) in [6.07, 6.45) is 7.07. The summed E-state index contributed by atoms with van der Waals surface area (Å²) < 4.78 is 5.34. The van der Waals surface area contributed by atoms with E-state index in [2.05, 4.69) is 34.6 Å². The Kier molecular flexibility index (Phi) is 3.42. The Bertz CT molecular complexity index is 487. The van der Waals surface area contributed by atoms with Gasteiger partial charge in [-0.1, -0.05) is 12.1 Å². The molecule has 3 rings (SSSR count). The summed E-state index contributed by atoms with van der Waals surface area (Å²) in [5, 5.41) is 3.47. The number of rotatable bonds is 3. The van der Waals surface area contributed by atoms with Crippen molar-refractivity contribution < 1.29 is 4.42 Å². The summed E-state index contributed by atoms with van der Waals surface area (Å²) >= 11 is 0. The molecule has 1 N–H and O–H groups in total. The zero-order chi connectivity index (χ0) is 12.2. The predicted molar refractivity (Wildman–Crippen MR) is 71.2 cm³/mol. The second-order valence-electron chi connectivity index (χ2n) is 4.95. The first kappa shape index (κ1) is 11.5. The third-order valence-corrected chi connectivity index (χ3v) is 3.53. The number of hydrogen-bond acceptors (Lipinski definition) is 3. The van der Waals surface area contributed by atoms with Gasteiger partial charge in [0.05, 0.1) is 6.20 Å². The first-order valence-corrected chi connectivity index (χ1v) is 6.61. The lowest BCUT2D eigenvalue weighted by Gasteiger charge is -2.22. The van der Waals surface area contributed by atoms with Crippen LogP contribution in [0, 0.1) is 5.92 Å². The van der Waals surface area contributed by atoms with Gasteiger partial charge in [-0.2, -0.15) is 0 Å². The predicted octanol–water partition coefficient (Wildman–Crippen LogP) is 2.88. The Hall–Kier alpha value is -1.61. The van der Waals surface area contributed by atoms with Crippen LogP contribution in [0.15, 0.2) is 41.1 Å². The van der Waals surface area contributed by atoms with Crippen molar-refractivity contribution in [3.8, 4) is 11.5 Å². The second-order valence-corrected chi connectivity index (χ2v) is 4.95. The Morgan fingerprint density at radius 3 is 3.17 bits per heavy atom. The molecule has 1 aliphatic heterocycles. The van der Waals surface area contributed by atoms with Crippen molar-refractivity contribution in [2.24, 2.45) is 5.92 Å². The number of hydrogen-bond donors (Lipinski definition) is 1. The van der Waals surface area contributed by atoms with Crippen molar-refractivity contribution in [1.29, 1.82) is 0 Å². The average molecular weight is 242 g/mol. The maximum atomic E-state index is 5.34. The van der Waals surface area contributed by atoms with E-state index in [1.54, 1.807) is 12.5 Å². The molecule has 3 nitrogen and oxygen atoms in total. The standard InChI is InChI=1S/C15H18N2O/c1-3-12(9-13-4-2-6-16-11-13)10-14(5-1)15-17-7-8-18-15/h1,3,5,7-8,10,13,16H,2,4,6,9,11H2. The molecule has 1 atom stereocenters. The highest BCUT2D eigenvalue weighted by atomic mass is 16.3. The van der Waals surface area contributed by atoms with E-state index in [1.807, 2.05) is 0 Å². The Labute approximate surface area is 107 Å². The van der Waals surface area contributed by atoms with Crippen LogP contribution in [0.25, 0.3) is 11.5 Å². The van der Waals surface area contributed by atoms with Crippen LogP contribution >= 0.6 is 0 Å². The van der Waals surface area contributed by atoms with Gasteiger partial charge in [0.1, 0.15) is 6.26 Å². The largest absolute Gasteiger partial charge is 0.445 e. The van der Waals surface area contributed by atoms with Gasteiger partial charge in [-0.05, 0) is 56.0 Å². The molecule has 18 heavy (non-hydrogen) atoms. The molecule has 1 unspecified atom stereocenters. The Balaban J connectivity index is 1.74. The third kappa shape index (κ3) is 2.62. The van der Waals surface area contributed by atoms with Crippen LogP contribution in [0.2, 0.25) is 0 Å². The van der Waals surface area contributed by atoms with Crippen LogP contribution in [0.4, 0.5) is 0 Å². The number of benzene rings is 1. The van der Waals surface area contributed by atoms with Crippen LogP contribution in [0.1, 0.15) is 18.4 Å². The molecule has 1 fully saturated rings. The fourth-order valence-corrected chi connectivity index (χ4v) is 2.63. The lowest BCUT2D eigenvalue weighted by molar-refractivity contribution is 0.376. The van der Waals surface area contributed by atoms with Crippen LogP contribution in [0.5, 0.6) is 0 Å². The molecule has 1 saturated heterocycles. The molecule has 3 heteroatoms. The smallest absolute Gasteiger partial charge is 0.225 e. The first-order chi connectivity index (χ1) is 8.92. The van der Waals surface area contributed by atoms with Crippen LogP contribution in [0.3, 0.4) is 0 Å². The van der Waals surface area contributed by atoms with E-state index in [9.17, 15) is 0 Å². The molecule has 0 radical (unpaired) electrons. The topological polar surface area (TPSA) is 38.1 Å². The molecule has 94 valence electrons. The number of nitrogens with zero attached hydrogens (tertiary/aromatic N) is 1. The maximum Gasteiger partial charge on any atom is 0.225 e. The summed E-state index contributed by atoms with van der Waals surface area (Å²) in [6.45, 7) is 2.32. The monoisotopic (exact) mass is 242 g/mol. The van der Waals surface area contributed by atoms with E-state index in [0.717, 1.165) is 24.4 Å². The quantitative estimate of drug-likeness (QED) is 0.899. The van der Waals surface area contributed by atoms with Gasteiger partial charge in [-0.3, -0.25) is 0 Å². The number of piperidine rings is 1. The zero-order valence-electron chi connectivity index (χ0n) is 10.4. The SMILES string of the molecule is c1cc(CC2CCCNC2)cc(-c2ncco2)c1. The van der Waals surface area contributed by atoms with Gasteiger partial charge in [0.2, 0.25) is 5.89 Å². The highest BCUT2D eigenvalue weighted by molar-refractivity contribution is 5.54. The van der Waals surface area contributed by atoms with Gasteiger partial charge in [0, 0.05) is 5.56 Å². The van der Waals surface area contributed by atoms with E-state index in [4.69, 9.17) is 4.42 Å². The summed E-state index contributed by atoms with van der Waals surface area (Å²) in [5.74, 6) is 1.47. The molecule has 1 aliphatic rings. The second kappa shape index (κ2) is 5.36. The van der Waals surface area contributed by atoms with Crippen molar-refractivity contribution in [3.63, 3.8) is 0 Å². The average Bonchev–Trinajstić information content (AvgIpc) is 2.94. The molecule has 0 saturated carbocycles. The van der Waals surface area contributed by atoms with Gasteiger partial charge in [0.25, 0.3) is 0 Å². The minimum atomic E-state index is 0.707. The Morgan fingerprint density at radius 2 is 2.39 bits per heavy atom. The minimum absolute atomic E-state index is 0.707. The molecule has 1 aromatic carbocycles. The van der Waals surface area contributed by atoms with Crippen molar-refractivity contribution in [3.05, 3.63) is 42.3 Å². The van der Waals surface area contributed by atoms with E-state index in [-0.39, 0.29) is 0 Å². The first-order valence-electron chi connectivity index (χ1n) is 6.61. The summed E-state index contributed by atoms with van der Waals surface area (Å²) in [5.41, 5.74) is 2.45. The van der Waals surface area contributed by atoms with Gasteiger partial charge >= 0.3 is 0 Å². The van der Waals surface area contributed by atoms with E-state index < -0.39 is 0 Å². The number of oxazole rings is 1. The maximum absolute atomic E-state index is 5.34. The van der Waals surface area contributed by atoms with Crippen LogP contribution in [-0.4, -0.2) is 18.1 Å². The molecule has 2 aromatic rings. The third-order valence-electron chi connectivity index (χ3n) is 3.53. The summed E-state index contributed by atoms with van der Waals surface area (Å²) in [6, 6.07) is 8.53. The van der Waals surface area contributed by atoms with Crippen LogP contribution < -0.4 is 5.32 Å². The van der Waals surface area contributed by atoms with E-state index in [0.29, 0.717) is 5.89 Å². The van der Waals surface area contributed by atoms with Crippen LogP contribution in [-0.2, 0) is 6.42 Å². The van der Waals surface area contributed by atoms with Gasteiger partial charge in [0.15, 0.2) is 0 Å². The summed E-state index contributed by atoms with van der Waals surface area (Å²) in [4.78, 5) is 4.20. The van der Waals surface area contributed by atoms with E-state index in [1.165, 1.54) is 24.9 Å². The van der Waals surface area contributed by atoms with Crippen molar-refractivity contribution in [2.45, 2.75) is 19.3 Å². The molecule has 0 amide bonds. The zero-order valence-corrected chi connectivity index (χ0v) is 10.4. The van der Waals surface area contributed by atoms with Crippen molar-refractivity contribution >= 4 is 0 Å². The molecular weight excluding hydrogens is 224 g/mol.